The molecule has 0 aliphatic heterocycles. The molecule has 1 heterocycles. The first kappa shape index (κ1) is 34.3. The Hall–Kier alpha value is -5.09. The van der Waals surface area contributed by atoms with Crippen LogP contribution in [0.4, 0.5) is 11.6 Å². The van der Waals surface area contributed by atoms with Crippen molar-refractivity contribution in [2.24, 2.45) is 0 Å². The standard InChI is InChI=1S/C33H27N3O8S4/c37-45(38,26-14-5-1-6-15-26)32(46(39,40)27-16-7-2-8-17-27)24-34-30-22-13-23-31(36-30)35-25-33(47(41,42)28-18-9-3-10-19-28)48(43,44)29-20-11-4-12-21-29/h1-25H,(H2,34,35,36). The minimum atomic E-state index is -4.57. The zero-order chi connectivity index (χ0) is 34.4. The Morgan fingerprint density at radius 2 is 0.625 bits per heavy atom. The topological polar surface area (TPSA) is 174 Å². The van der Waals surface area contributed by atoms with Gasteiger partial charge in [0.25, 0.3) is 0 Å². The normalized spacial score (nSPS) is 12.0. The summed E-state index contributed by atoms with van der Waals surface area (Å²) in [6.07, 6.45) is 1.61. The Morgan fingerprint density at radius 3 is 0.875 bits per heavy atom. The van der Waals surface area contributed by atoms with Crippen molar-refractivity contribution in [3.63, 3.8) is 0 Å². The summed E-state index contributed by atoms with van der Waals surface area (Å²) in [5.74, 6) is -0.0911. The summed E-state index contributed by atoms with van der Waals surface area (Å²) in [4.78, 5) is 3.24. The maximum atomic E-state index is 13.6. The van der Waals surface area contributed by atoms with Gasteiger partial charge in [0.15, 0.2) is 8.47 Å². The highest BCUT2D eigenvalue weighted by atomic mass is 32.3. The van der Waals surface area contributed by atoms with Crippen LogP contribution in [0.2, 0.25) is 0 Å². The summed E-state index contributed by atoms with van der Waals surface area (Å²) in [7, 11) is -18.3. The van der Waals surface area contributed by atoms with Crippen LogP contribution in [0.5, 0.6) is 0 Å². The lowest BCUT2D eigenvalue weighted by Gasteiger charge is -2.13. The van der Waals surface area contributed by atoms with Gasteiger partial charge in [0, 0.05) is 12.4 Å². The third-order valence-corrected chi connectivity index (χ3v) is 15.5. The molecule has 0 aliphatic rings. The lowest BCUT2D eigenvalue weighted by Crippen LogP contribution is -2.17. The summed E-state index contributed by atoms with van der Waals surface area (Å²) in [5, 5.41) is 5.22. The number of sulfone groups is 4. The van der Waals surface area contributed by atoms with E-state index in [0.29, 0.717) is 0 Å². The first-order valence-corrected chi connectivity index (χ1v) is 19.9. The number of hydrogen-bond acceptors (Lipinski definition) is 11. The van der Waals surface area contributed by atoms with Crippen molar-refractivity contribution < 1.29 is 33.7 Å². The zero-order valence-corrected chi connectivity index (χ0v) is 28.0. The van der Waals surface area contributed by atoms with Crippen molar-refractivity contribution in [1.82, 2.24) is 4.98 Å². The van der Waals surface area contributed by atoms with Crippen molar-refractivity contribution in [2.45, 2.75) is 19.6 Å². The second-order valence-electron chi connectivity index (χ2n) is 9.89. The summed E-state index contributed by atoms with van der Waals surface area (Å²) < 4.78 is 107. The van der Waals surface area contributed by atoms with E-state index in [0.717, 1.165) is 12.4 Å². The Bertz CT molecular complexity index is 2110. The highest BCUT2D eigenvalue weighted by Gasteiger charge is 2.35. The second kappa shape index (κ2) is 13.9. The summed E-state index contributed by atoms with van der Waals surface area (Å²) in [6, 6.07) is 32.4. The average molecular weight is 722 g/mol. The Labute approximate surface area is 279 Å². The predicted octanol–water partition coefficient (Wildman–Crippen LogP) is 5.40. The van der Waals surface area contributed by atoms with E-state index in [2.05, 4.69) is 15.6 Å². The van der Waals surface area contributed by atoms with Gasteiger partial charge < -0.3 is 10.6 Å². The molecule has 0 fully saturated rings. The molecular formula is C33H27N3O8S4. The quantitative estimate of drug-likeness (QED) is 0.169. The molecule has 15 heteroatoms. The van der Waals surface area contributed by atoms with E-state index in [1.807, 2.05) is 0 Å². The largest absolute Gasteiger partial charge is 0.345 e. The predicted molar refractivity (Wildman–Crippen MR) is 182 cm³/mol. The molecular weight excluding hydrogens is 695 g/mol. The fraction of sp³-hybridized carbons (Fsp3) is 0. The van der Waals surface area contributed by atoms with Gasteiger partial charge in [-0.2, -0.15) is 0 Å². The van der Waals surface area contributed by atoms with Gasteiger partial charge in [-0.1, -0.05) is 78.9 Å². The molecule has 0 saturated heterocycles. The van der Waals surface area contributed by atoms with Crippen LogP contribution in [0, 0.1) is 0 Å². The molecule has 0 saturated carbocycles. The fourth-order valence-electron chi connectivity index (χ4n) is 4.32. The van der Waals surface area contributed by atoms with Gasteiger partial charge in [-0.05, 0) is 60.7 Å². The summed E-state index contributed by atoms with van der Waals surface area (Å²) in [6.45, 7) is 0. The van der Waals surface area contributed by atoms with Gasteiger partial charge in [0.05, 0.1) is 19.6 Å². The minimum Gasteiger partial charge on any atom is -0.345 e. The van der Waals surface area contributed by atoms with Crippen molar-refractivity contribution >= 4 is 51.0 Å². The van der Waals surface area contributed by atoms with Gasteiger partial charge in [0.1, 0.15) is 11.6 Å². The van der Waals surface area contributed by atoms with Gasteiger partial charge >= 0.3 is 0 Å². The third kappa shape index (κ3) is 7.23. The second-order valence-corrected chi connectivity index (χ2v) is 18.1. The monoisotopic (exact) mass is 721 g/mol. The molecule has 4 aromatic carbocycles. The highest BCUT2D eigenvalue weighted by Crippen LogP contribution is 2.31. The van der Waals surface area contributed by atoms with Crippen LogP contribution >= 0.6 is 0 Å². The number of pyridine rings is 1. The first-order valence-electron chi connectivity index (χ1n) is 14.0. The lowest BCUT2D eigenvalue weighted by atomic mass is 10.4. The third-order valence-electron chi connectivity index (χ3n) is 6.70. The van der Waals surface area contributed by atoms with E-state index in [1.54, 1.807) is 24.3 Å². The Morgan fingerprint density at radius 1 is 0.375 bits per heavy atom. The number of hydrogen-bond donors (Lipinski definition) is 2. The van der Waals surface area contributed by atoms with Crippen molar-refractivity contribution in [3.8, 4) is 0 Å². The molecule has 5 aromatic rings. The minimum absolute atomic E-state index is 0.0455. The molecule has 0 amide bonds. The fourth-order valence-corrected chi connectivity index (χ4v) is 11.6. The van der Waals surface area contributed by atoms with Crippen LogP contribution in [-0.2, 0) is 39.3 Å². The van der Waals surface area contributed by atoms with E-state index < -0.39 is 47.8 Å². The first-order chi connectivity index (χ1) is 22.8. The van der Waals surface area contributed by atoms with E-state index in [4.69, 9.17) is 0 Å². The smallest absolute Gasteiger partial charge is 0.219 e. The van der Waals surface area contributed by atoms with Crippen LogP contribution in [0.3, 0.4) is 0 Å². The van der Waals surface area contributed by atoms with Crippen LogP contribution in [0.15, 0.2) is 180 Å². The van der Waals surface area contributed by atoms with E-state index in [9.17, 15) is 33.7 Å². The summed E-state index contributed by atoms with van der Waals surface area (Å²) >= 11 is 0. The number of benzene rings is 4. The van der Waals surface area contributed by atoms with Crippen molar-refractivity contribution in [2.75, 3.05) is 10.6 Å². The molecule has 0 bridgehead atoms. The number of nitrogens with zero attached hydrogens (tertiary/aromatic N) is 1. The molecule has 0 atom stereocenters. The van der Waals surface area contributed by atoms with Gasteiger partial charge in [-0.25, -0.2) is 38.7 Å². The molecule has 246 valence electrons. The number of nitrogens with one attached hydrogen (secondary N) is 2. The maximum absolute atomic E-state index is 13.6. The Kier molecular flexibility index (Phi) is 9.95. The number of rotatable bonds is 12. The molecule has 5 rings (SSSR count). The SMILES string of the molecule is O=S(=O)(C(=CNc1cccc(NC=C(S(=O)(=O)c2ccccc2)S(=O)(=O)c2ccccc2)n1)S(=O)(=O)c1ccccc1)c1ccccc1. The summed E-state index contributed by atoms with van der Waals surface area (Å²) in [5.41, 5.74) is 0. The molecule has 2 N–H and O–H groups in total. The average Bonchev–Trinajstić information content (AvgIpc) is 3.10. The van der Waals surface area contributed by atoms with Crippen LogP contribution in [-0.4, -0.2) is 38.7 Å². The van der Waals surface area contributed by atoms with Crippen molar-refractivity contribution in [3.05, 3.63) is 160 Å². The van der Waals surface area contributed by atoms with Crippen LogP contribution in [0.1, 0.15) is 0 Å². The highest BCUT2D eigenvalue weighted by molar-refractivity contribution is 8.15. The zero-order valence-electron chi connectivity index (χ0n) is 24.8. The number of aromatic nitrogens is 1. The maximum Gasteiger partial charge on any atom is 0.219 e. The lowest BCUT2D eigenvalue weighted by molar-refractivity contribution is 0.591. The van der Waals surface area contributed by atoms with Gasteiger partial charge in [-0.15, -0.1) is 0 Å². The molecule has 0 spiro atoms. The molecule has 11 nitrogen and oxygen atoms in total. The molecule has 0 radical (unpaired) electrons. The van der Waals surface area contributed by atoms with E-state index in [-0.39, 0.29) is 31.2 Å². The molecule has 1 aromatic heterocycles. The van der Waals surface area contributed by atoms with Crippen LogP contribution < -0.4 is 10.6 Å². The van der Waals surface area contributed by atoms with Crippen molar-refractivity contribution in [1.29, 1.82) is 0 Å². The van der Waals surface area contributed by atoms with E-state index >= 15 is 0 Å². The Balaban J connectivity index is 1.54. The number of anilines is 2. The molecule has 48 heavy (non-hydrogen) atoms. The van der Waals surface area contributed by atoms with Crippen LogP contribution in [0.25, 0.3) is 0 Å². The van der Waals surface area contributed by atoms with Gasteiger partial charge in [-0.3, -0.25) is 0 Å². The van der Waals surface area contributed by atoms with Gasteiger partial charge in [0.2, 0.25) is 39.3 Å². The molecule has 0 unspecified atom stereocenters. The molecule has 0 aliphatic carbocycles. The van der Waals surface area contributed by atoms with E-state index in [1.165, 1.54) is 115 Å².